The van der Waals surface area contributed by atoms with Crippen molar-refractivity contribution in [3.8, 4) is 6.07 Å². The Morgan fingerprint density at radius 1 is 1.19 bits per heavy atom. The summed E-state index contributed by atoms with van der Waals surface area (Å²) >= 11 is 0. The first-order valence-corrected chi connectivity index (χ1v) is 13.7. The zero-order chi connectivity index (χ0) is 31.2. The Morgan fingerprint density at radius 2 is 1.91 bits per heavy atom. The summed E-state index contributed by atoms with van der Waals surface area (Å²) in [4.78, 5) is 30.4. The number of nitriles is 1. The number of halogens is 1. The molecule has 5 rings (SSSR count). The Morgan fingerprint density at radius 3 is 2.56 bits per heavy atom. The zero-order valence-corrected chi connectivity index (χ0v) is 24.3. The van der Waals surface area contributed by atoms with E-state index in [0.717, 1.165) is 0 Å². The fourth-order valence-electron chi connectivity index (χ4n) is 5.27. The highest BCUT2D eigenvalue weighted by molar-refractivity contribution is 5.98. The van der Waals surface area contributed by atoms with Crippen molar-refractivity contribution in [1.29, 1.82) is 5.26 Å². The van der Waals surface area contributed by atoms with Gasteiger partial charge in [0.1, 0.15) is 53.7 Å². The predicted molar refractivity (Wildman–Crippen MR) is 148 cm³/mol. The van der Waals surface area contributed by atoms with Crippen LogP contribution in [0.25, 0.3) is 5.52 Å². The minimum atomic E-state index is -1.70. The minimum absolute atomic E-state index is 0.0309. The number of rotatable bonds is 7. The Labute approximate surface area is 246 Å². The van der Waals surface area contributed by atoms with E-state index in [0.29, 0.717) is 11.1 Å². The number of nitrogens with zero attached hydrogens (tertiary/aromatic N) is 4. The summed E-state index contributed by atoms with van der Waals surface area (Å²) in [6, 6.07) is 9.83. The number of amides is 2. The summed E-state index contributed by atoms with van der Waals surface area (Å²) in [7, 11) is 0. The van der Waals surface area contributed by atoms with Crippen molar-refractivity contribution in [2.24, 2.45) is 0 Å². The second kappa shape index (κ2) is 11.2. The molecule has 0 radical (unpaired) electrons. The number of hydrogen-bond acceptors (Lipinski definition) is 10. The largest absolute Gasteiger partial charge is 0.444 e. The molecule has 14 heteroatoms. The number of fused-ring (bicyclic) bond motifs is 2. The fraction of sp³-hybridized carbons (Fsp3) is 0.483. The average molecular weight is 597 g/mol. The summed E-state index contributed by atoms with van der Waals surface area (Å²) in [5, 5.41) is 29.9. The van der Waals surface area contributed by atoms with Gasteiger partial charge in [-0.05, 0) is 64.4 Å². The lowest BCUT2D eigenvalue weighted by Gasteiger charge is -2.28. The van der Waals surface area contributed by atoms with Crippen molar-refractivity contribution >= 4 is 23.3 Å². The van der Waals surface area contributed by atoms with Crippen molar-refractivity contribution in [2.45, 2.75) is 82.4 Å². The van der Waals surface area contributed by atoms with E-state index in [1.54, 1.807) is 46.8 Å². The molecule has 43 heavy (non-hydrogen) atoms. The van der Waals surface area contributed by atoms with Gasteiger partial charge in [-0.1, -0.05) is 12.1 Å². The lowest BCUT2D eigenvalue weighted by molar-refractivity contribution is -0.204. The van der Waals surface area contributed by atoms with Gasteiger partial charge in [-0.3, -0.25) is 4.79 Å². The highest BCUT2D eigenvalue weighted by Gasteiger charge is 2.65. The maximum atomic E-state index is 13.5. The second-order valence-electron chi connectivity index (χ2n) is 11.8. The smallest absolute Gasteiger partial charge is 0.408 e. The molecule has 3 aromatic rings. The second-order valence-corrected chi connectivity index (χ2v) is 11.8. The van der Waals surface area contributed by atoms with Crippen molar-refractivity contribution < 1.29 is 38.0 Å². The number of ether oxygens (including phenoxy) is 4. The summed E-state index contributed by atoms with van der Waals surface area (Å²) < 4.78 is 38.3. The van der Waals surface area contributed by atoms with Gasteiger partial charge in [-0.15, -0.1) is 0 Å². The van der Waals surface area contributed by atoms with Gasteiger partial charge in [0.25, 0.3) is 0 Å². The van der Waals surface area contributed by atoms with Gasteiger partial charge >= 0.3 is 6.09 Å². The van der Waals surface area contributed by atoms with Crippen molar-refractivity contribution in [2.75, 3.05) is 11.9 Å². The van der Waals surface area contributed by atoms with E-state index in [2.05, 4.69) is 26.8 Å². The monoisotopic (exact) mass is 596 g/mol. The van der Waals surface area contributed by atoms with Gasteiger partial charge in [0, 0.05) is 6.42 Å². The van der Waals surface area contributed by atoms with Gasteiger partial charge < -0.3 is 34.7 Å². The van der Waals surface area contributed by atoms with E-state index in [9.17, 15) is 24.3 Å². The van der Waals surface area contributed by atoms with Crippen molar-refractivity contribution in [3.05, 3.63) is 59.8 Å². The molecule has 2 amide bonds. The molecule has 0 spiro atoms. The number of carbonyl (C=O) groups excluding carboxylic acids is 2. The first-order chi connectivity index (χ1) is 20.2. The van der Waals surface area contributed by atoms with E-state index in [-0.39, 0.29) is 17.9 Å². The van der Waals surface area contributed by atoms with E-state index in [1.165, 1.54) is 35.1 Å². The SMILES string of the molecule is CC(C)(C)OC(=O)N[C@@H](Cc1ccc(F)cc1)C(=O)Nc1ncnn2c([C@]3(C#N)O[C@H](CO)[C@H]4OC(C)(C)O[C@H]43)ccc12. The van der Waals surface area contributed by atoms with Gasteiger partial charge in [0.2, 0.25) is 11.5 Å². The normalized spacial score (nSPS) is 25.1. The van der Waals surface area contributed by atoms with Crippen LogP contribution in [0.1, 0.15) is 45.9 Å². The first-order valence-electron chi connectivity index (χ1n) is 13.7. The molecule has 13 nitrogen and oxygen atoms in total. The molecule has 2 aliphatic rings. The molecule has 0 aliphatic carbocycles. The molecule has 2 aliphatic heterocycles. The quantitative estimate of drug-likeness (QED) is 0.368. The summed E-state index contributed by atoms with van der Waals surface area (Å²) in [5.74, 6) is -1.99. The Balaban J connectivity index is 1.45. The molecule has 0 saturated carbocycles. The van der Waals surface area contributed by atoms with Crippen LogP contribution in [0.15, 0.2) is 42.7 Å². The highest BCUT2D eigenvalue weighted by atomic mass is 19.1. The topological polar surface area (TPSA) is 169 Å². The third-order valence-corrected chi connectivity index (χ3v) is 7.01. The third-order valence-electron chi connectivity index (χ3n) is 7.01. The molecule has 4 heterocycles. The third kappa shape index (κ3) is 6.02. The molecular formula is C29H33FN6O7. The molecule has 5 atom stereocenters. The highest BCUT2D eigenvalue weighted by Crippen LogP contribution is 2.49. The van der Waals surface area contributed by atoms with Crippen LogP contribution in [0.4, 0.5) is 15.0 Å². The summed E-state index contributed by atoms with van der Waals surface area (Å²) in [5.41, 5.74) is -1.30. The molecule has 228 valence electrons. The van der Waals surface area contributed by atoms with Gasteiger partial charge in [-0.2, -0.15) is 10.4 Å². The van der Waals surface area contributed by atoms with E-state index in [1.807, 2.05) is 0 Å². The zero-order valence-electron chi connectivity index (χ0n) is 24.3. The van der Waals surface area contributed by atoms with E-state index >= 15 is 0 Å². The summed E-state index contributed by atoms with van der Waals surface area (Å²) in [6.07, 6.45) is -2.00. The number of anilines is 1. The number of alkyl carbamates (subject to hydrolysis) is 1. The van der Waals surface area contributed by atoms with Crippen LogP contribution in [0, 0.1) is 17.1 Å². The molecule has 0 bridgehead atoms. The van der Waals surface area contributed by atoms with Gasteiger partial charge in [-0.25, -0.2) is 18.7 Å². The number of aromatic nitrogens is 3. The number of aliphatic hydroxyl groups excluding tert-OH is 1. The number of nitrogens with one attached hydrogen (secondary N) is 2. The van der Waals surface area contributed by atoms with Crippen LogP contribution < -0.4 is 10.6 Å². The Bertz CT molecular complexity index is 1560. The predicted octanol–water partition coefficient (Wildman–Crippen LogP) is 2.57. The molecule has 2 fully saturated rings. The molecule has 0 unspecified atom stereocenters. The van der Waals surface area contributed by atoms with Gasteiger partial charge in [0.15, 0.2) is 11.6 Å². The molecule has 1 aromatic carbocycles. The lowest BCUT2D eigenvalue weighted by Crippen LogP contribution is -2.47. The van der Waals surface area contributed by atoms with Crippen LogP contribution in [-0.4, -0.2) is 74.1 Å². The standard InChI is InChI=1S/C29H33FN6O7/c1-27(2,3)43-26(39)34-18(12-16-6-8-17(30)9-7-16)25(38)35-24-19-10-11-21(36(19)33-15-32-24)29(14-31)23-22(20(13-37)40-29)41-28(4,5)42-23/h6-11,15,18,20,22-23,37H,12-13H2,1-5H3,(H,34,39)(H,32,33,35,38)/t18-,20+,22+,23+,29-/m0/s1. The van der Waals surface area contributed by atoms with Crippen LogP contribution >= 0.6 is 0 Å². The minimum Gasteiger partial charge on any atom is -0.444 e. The Kier molecular flexibility index (Phi) is 7.86. The van der Waals surface area contributed by atoms with Crippen LogP contribution in [0.3, 0.4) is 0 Å². The average Bonchev–Trinajstić information content (AvgIpc) is 3.59. The number of benzene rings is 1. The first kappa shape index (κ1) is 30.3. The lowest BCUT2D eigenvalue weighted by atomic mass is 9.92. The molecule has 2 saturated heterocycles. The maximum absolute atomic E-state index is 13.5. The molecule has 3 N–H and O–H groups in total. The fourth-order valence-corrected chi connectivity index (χ4v) is 5.27. The van der Waals surface area contributed by atoms with Crippen LogP contribution in [0.2, 0.25) is 0 Å². The van der Waals surface area contributed by atoms with Gasteiger partial charge in [0.05, 0.1) is 12.3 Å². The molecular weight excluding hydrogens is 563 g/mol. The number of aliphatic hydroxyl groups is 1. The Hall–Kier alpha value is -4.16. The van der Waals surface area contributed by atoms with Crippen molar-refractivity contribution in [1.82, 2.24) is 19.9 Å². The molecule has 2 aromatic heterocycles. The van der Waals surface area contributed by atoms with Crippen molar-refractivity contribution in [3.63, 3.8) is 0 Å². The number of hydrogen-bond donors (Lipinski definition) is 3. The van der Waals surface area contributed by atoms with Crippen LogP contribution in [0.5, 0.6) is 0 Å². The number of carbonyl (C=O) groups is 2. The van der Waals surface area contributed by atoms with E-state index in [4.69, 9.17) is 18.9 Å². The summed E-state index contributed by atoms with van der Waals surface area (Å²) in [6.45, 7) is 8.10. The maximum Gasteiger partial charge on any atom is 0.408 e. The van der Waals surface area contributed by atoms with Crippen LogP contribution in [-0.2, 0) is 35.8 Å². The van der Waals surface area contributed by atoms with E-state index < -0.39 is 65.8 Å².